The second-order valence-corrected chi connectivity index (χ2v) is 11.5. The van der Waals surface area contributed by atoms with Crippen LogP contribution < -0.4 is 0 Å². The van der Waals surface area contributed by atoms with Crippen LogP contribution in [0.2, 0.25) is 0 Å². The largest absolute Gasteiger partial charge is 0.329 e. The number of hydrogen-bond donors (Lipinski definition) is 0. The summed E-state index contributed by atoms with van der Waals surface area (Å²) < 4.78 is 20.4. The van der Waals surface area contributed by atoms with Crippen LogP contribution in [0.15, 0.2) is 30.3 Å². The molecule has 0 aromatic heterocycles. The van der Waals surface area contributed by atoms with Crippen molar-refractivity contribution < 1.29 is 18.9 Å². The van der Waals surface area contributed by atoms with Gasteiger partial charge in [-0.1, -0.05) is 30.3 Å². The number of hydrogen-bond acceptors (Lipinski definition) is 4. The van der Waals surface area contributed by atoms with E-state index in [4.69, 9.17) is 14.3 Å². The summed E-state index contributed by atoms with van der Waals surface area (Å²) in [5.74, 6) is 2.15. The minimum atomic E-state index is -3.10. The molecule has 4 nitrogen and oxygen atoms in total. The highest BCUT2D eigenvalue weighted by Gasteiger charge is 2.71. The van der Waals surface area contributed by atoms with E-state index in [0.717, 1.165) is 24.8 Å². The van der Waals surface area contributed by atoms with Crippen molar-refractivity contribution in [3.63, 3.8) is 0 Å². The van der Waals surface area contributed by atoms with Crippen molar-refractivity contribution in [2.75, 3.05) is 13.7 Å². The van der Waals surface area contributed by atoms with Crippen LogP contribution in [0, 0.1) is 17.8 Å². The topological polar surface area (TPSA) is 44.8 Å². The average molecular weight is 348 g/mol. The van der Waals surface area contributed by atoms with E-state index in [1.165, 1.54) is 19.3 Å². The molecule has 1 saturated heterocycles. The zero-order valence-electron chi connectivity index (χ0n) is 14.1. The van der Waals surface area contributed by atoms with Crippen molar-refractivity contribution in [1.29, 1.82) is 0 Å². The van der Waals surface area contributed by atoms with Crippen molar-refractivity contribution in [3.05, 3.63) is 35.9 Å². The van der Waals surface area contributed by atoms with Crippen LogP contribution in [-0.2, 0) is 24.2 Å². The van der Waals surface area contributed by atoms with Crippen molar-refractivity contribution in [2.45, 2.75) is 49.0 Å². The van der Waals surface area contributed by atoms with Crippen molar-refractivity contribution >= 4 is 7.37 Å². The molecule has 5 heteroatoms. The Kier molecular flexibility index (Phi) is 3.35. The summed E-state index contributed by atoms with van der Waals surface area (Å²) in [5.41, 5.74) is 0.928. The van der Waals surface area contributed by atoms with Crippen LogP contribution in [0.4, 0.5) is 0 Å². The second-order valence-electron chi connectivity index (χ2n) is 8.37. The van der Waals surface area contributed by atoms with Crippen LogP contribution in [0.1, 0.15) is 44.1 Å². The summed E-state index contributed by atoms with van der Waals surface area (Å²) in [6.07, 6.45) is 7.04. The minimum absolute atomic E-state index is 0.226. The van der Waals surface area contributed by atoms with Crippen LogP contribution in [-0.4, -0.2) is 18.9 Å². The lowest BCUT2D eigenvalue weighted by Gasteiger charge is -2.61. The van der Waals surface area contributed by atoms with E-state index < -0.39 is 12.7 Å². The van der Waals surface area contributed by atoms with Crippen molar-refractivity contribution in [2.24, 2.45) is 17.8 Å². The maximum absolute atomic E-state index is 14.5. The standard InChI is InChI=1S/C19H25O4P/c1-21-24(20,19(13-22-23-19)17-5-3-2-4-6-17)18-10-14-7-15(11-18)9-16(8-14)12-18/h2-6,14-16H,7-13H2,1H3. The quantitative estimate of drug-likeness (QED) is 0.585. The van der Waals surface area contributed by atoms with Crippen LogP contribution in [0.3, 0.4) is 0 Å². The van der Waals surface area contributed by atoms with E-state index in [1.807, 2.05) is 30.3 Å². The summed E-state index contributed by atoms with van der Waals surface area (Å²) in [4.78, 5) is 10.8. The van der Waals surface area contributed by atoms with Gasteiger partial charge in [-0.3, -0.25) is 4.57 Å². The molecule has 4 aliphatic carbocycles. The smallest absolute Gasteiger partial charge is 0.250 e. The normalized spacial score (nSPS) is 45.6. The molecular weight excluding hydrogens is 323 g/mol. The molecule has 0 amide bonds. The summed E-state index contributed by atoms with van der Waals surface area (Å²) in [5, 5.41) is -1.15. The van der Waals surface area contributed by atoms with E-state index in [1.54, 1.807) is 7.11 Å². The zero-order chi connectivity index (χ0) is 16.4. The molecule has 1 heterocycles. The van der Waals surface area contributed by atoms with E-state index in [-0.39, 0.29) is 5.16 Å². The molecule has 130 valence electrons. The van der Waals surface area contributed by atoms with Gasteiger partial charge in [-0.2, -0.15) is 0 Å². The molecule has 5 aliphatic rings. The molecule has 4 bridgehead atoms. The highest BCUT2D eigenvalue weighted by Crippen LogP contribution is 2.81. The average Bonchev–Trinajstić information content (AvgIpc) is 2.53. The number of rotatable bonds is 4. The first-order chi connectivity index (χ1) is 11.6. The number of benzene rings is 1. The Labute approximate surface area is 143 Å². The van der Waals surface area contributed by atoms with E-state index in [0.29, 0.717) is 24.4 Å². The fourth-order valence-electron chi connectivity index (χ4n) is 6.45. The van der Waals surface area contributed by atoms with Gasteiger partial charge in [0.2, 0.25) is 12.7 Å². The summed E-state index contributed by atoms with van der Waals surface area (Å²) in [7, 11) is -1.49. The van der Waals surface area contributed by atoms with Gasteiger partial charge in [0.25, 0.3) is 0 Å². The Morgan fingerprint density at radius 3 is 2.00 bits per heavy atom. The second kappa shape index (κ2) is 5.17. The first-order valence-electron chi connectivity index (χ1n) is 9.13. The van der Waals surface area contributed by atoms with Crippen molar-refractivity contribution in [3.8, 4) is 0 Å². The minimum Gasteiger partial charge on any atom is -0.329 e. The Morgan fingerprint density at radius 2 is 1.58 bits per heavy atom. The Balaban J connectivity index is 1.63. The zero-order valence-corrected chi connectivity index (χ0v) is 15.0. The molecule has 0 radical (unpaired) electrons. The summed E-state index contributed by atoms with van der Waals surface area (Å²) in [6.45, 7) is 0.323. The van der Waals surface area contributed by atoms with Gasteiger partial charge in [0.15, 0.2) is 0 Å². The molecule has 0 N–H and O–H groups in total. The van der Waals surface area contributed by atoms with Gasteiger partial charge in [-0.05, 0) is 61.8 Å². The molecule has 2 atom stereocenters. The Hall–Kier alpha value is -0.670. The van der Waals surface area contributed by atoms with E-state index in [2.05, 4.69) is 0 Å². The van der Waals surface area contributed by atoms with Crippen molar-refractivity contribution in [1.82, 2.24) is 0 Å². The van der Waals surface area contributed by atoms with Gasteiger partial charge < -0.3 is 4.52 Å². The van der Waals surface area contributed by atoms with Gasteiger partial charge in [0.1, 0.15) is 6.61 Å². The van der Waals surface area contributed by atoms with Gasteiger partial charge in [0.05, 0.1) is 5.16 Å². The van der Waals surface area contributed by atoms with Gasteiger partial charge in [-0.25, -0.2) is 9.78 Å². The van der Waals surface area contributed by atoms with Crippen LogP contribution in [0.25, 0.3) is 0 Å². The molecule has 0 spiro atoms. The molecule has 1 aliphatic heterocycles. The first-order valence-corrected chi connectivity index (χ1v) is 10.8. The molecule has 1 aromatic rings. The SMILES string of the molecule is COP(=O)(C12CC3CC(CC(C3)C1)C2)C1(c2ccccc2)COO1. The van der Waals surface area contributed by atoms with Gasteiger partial charge in [-0.15, -0.1) is 0 Å². The molecule has 1 aromatic carbocycles. The molecule has 4 saturated carbocycles. The third-order valence-electron chi connectivity index (χ3n) is 7.04. The molecule has 5 fully saturated rings. The van der Waals surface area contributed by atoms with E-state index >= 15 is 0 Å². The molecule has 6 rings (SSSR count). The molecular formula is C19H25O4P. The van der Waals surface area contributed by atoms with Crippen LogP contribution >= 0.6 is 7.37 Å². The predicted octanol–water partition coefficient (Wildman–Crippen LogP) is 4.69. The van der Waals surface area contributed by atoms with Crippen LogP contribution in [0.5, 0.6) is 0 Å². The van der Waals surface area contributed by atoms with Gasteiger partial charge in [0, 0.05) is 7.11 Å². The first kappa shape index (κ1) is 15.6. The van der Waals surface area contributed by atoms with Gasteiger partial charge >= 0.3 is 0 Å². The monoisotopic (exact) mass is 348 g/mol. The lowest BCUT2D eigenvalue weighted by molar-refractivity contribution is -0.452. The molecule has 24 heavy (non-hydrogen) atoms. The predicted molar refractivity (Wildman–Crippen MR) is 90.7 cm³/mol. The fourth-order valence-corrected chi connectivity index (χ4v) is 10.3. The summed E-state index contributed by atoms with van der Waals surface area (Å²) in [6, 6.07) is 9.90. The lowest BCUT2D eigenvalue weighted by atomic mass is 9.56. The third-order valence-corrected chi connectivity index (χ3v) is 10.8. The highest BCUT2D eigenvalue weighted by molar-refractivity contribution is 7.61. The van der Waals surface area contributed by atoms with E-state index in [9.17, 15) is 4.57 Å². The maximum atomic E-state index is 14.5. The highest BCUT2D eigenvalue weighted by atomic mass is 31.2. The summed E-state index contributed by atoms with van der Waals surface area (Å²) >= 11 is 0. The Morgan fingerprint density at radius 1 is 1.04 bits per heavy atom. The fraction of sp³-hybridized carbons (Fsp3) is 0.684. The maximum Gasteiger partial charge on any atom is 0.250 e. The third kappa shape index (κ3) is 1.83. The lowest BCUT2D eigenvalue weighted by Crippen LogP contribution is -2.56. The molecule has 2 unspecified atom stereocenters. The Bertz CT molecular complexity index is 647.